The molecule has 7 heteroatoms. The second-order valence-corrected chi connectivity index (χ2v) is 6.49. The first-order valence-electron chi connectivity index (χ1n) is 7.99. The second-order valence-electron chi connectivity index (χ2n) is 5.46. The highest BCUT2D eigenvalue weighted by Gasteiger charge is 2.20. The fourth-order valence-electron chi connectivity index (χ4n) is 2.10. The first kappa shape index (κ1) is 19.7. The van der Waals surface area contributed by atoms with Crippen LogP contribution in [0.5, 0.6) is 5.75 Å². The maximum atomic E-state index is 11.8. The van der Waals surface area contributed by atoms with E-state index in [1.54, 1.807) is 7.11 Å². The number of nitrogens with one attached hydrogen (secondary N) is 1. The van der Waals surface area contributed by atoms with Crippen molar-refractivity contribution in [2.24, 2.45) is 0 Å². The van der Waals surface area contributed by atoms with Crippen LogP contribution in [0.4, 0.5) is 4.79 Å². The Kier molecular flexibility index (Phi) is 7.82. The van der Waals surface area contributed by atoms with Crippen LogP contribution < -0.4 is 10.1 Å². The number of methoxy groups -OCH3 is 1. The van der Waals surface area contributed by atoms with Gasteiger partial charge in [0.1, 0.15) is 18.4 Å². The summed E-state index contributed by atoms with van der Waals surface area (Å²) in [4.78, 5) is 23.2. The van der Waals surface area contributed by atoms with Crippen molar-refractivity contribution in [1.29, 1.82) is 0 Å². The number of carboxylic acid groups (broad SMARTS) is 1. The molecular weight excluding hydrogens is 354 g/mol. The highest BCUT2D eigenvalue weighted by Crippen LogP contribution is 2.17. The van der Waals surface area contributed by atoms with Gasteiger partial charge in [-0.1, -0.05) is 42.5 Å². The Morgan fingerprint density at radius 2 is 1.77 bits per heavy atom. The molecule has 2 rings (SSSR count). The summed E-state index contributed by atoms with van der Waals surface area (Å²) in [5.74, 6) is 0.546. The number of ether oxygens (including phenoxy) is 2. The average Bonchev–Trinajstić information content (AvgIpc) is 2.67. The molecule has 0 saturated carbocycles. The summed E-state index contributed by atoms with van der Waals surface area (Å²) in [7, 11) is 1.60. The number of thioether (sulfide) groups is 1. The molecule has 0 spiro atoms. The normalized spacial score (nSPS) is 11.4. The van der Waals surface area contributed by atoms with Gasteiger partial charge in [-0.15, -0.1) is 0 Å². The molecule has 0 fully saturated rings. The minimum absolute atomic E-state index is 0.0952. The molecule has 0 saturated heterocycles. The largest absolute Gasteiger partial charge is 0.497 e. The van der Waals surface area contributed by atoms with E-state index in [4.69, 9.17) is 9.47 Å². The van der Waals surface area contributed by atoms with E-state index in [0.717, 1.165) is 16.9 Å². The minimum Gasteiger partial charge on any atom is -0.497 e. The monoisotopic (exact) mass is 375 g/mol. The van der Waals surface area contributed by atoms with Gasteiger partial charge in [-0.2, -0.15) is 11.8 Å². The maximum Gasteiger partial charge on any atom is 0.408 e. The van der Waals surface area contributed by atoms with Crippen molar-refractivity contribution >= 4 is 23.8 Å². The summed E-state index contributed by atoms with van der Waals surface area (Å²) in [5.41, 5.74) is 1.88. The molecule has 0 heterocycles. The molecule has 0 bridgehead atoms. The number of hydrogen-bond acceptors (Lipinski definition) is 5. The standard InChI is InChI=1S/C19H21NO5S/c1-24-16-9-7-15(8-10-16)12-26-13-17(18(21)22)20-19(23)25-11-14-5-3-2-4-6-14/h2-10,17H,11-13H2,1H3,(H,20,23)(H,21,22)/t17-/m0/s1. The molecule has 2 aromatic carbocycles. The van der Waals surface area contributed by atoms with Gasteiger partial charge in [-0.3, -0.25) is 0 Å². The molecule has 1 atom stereocenters. The first-order chi connectivity index (χ1) is 12.6. The Hall–Kier alpha value is -2.67. The molecule has 6 nitrogen and oxygen atoms in total. The highest BCUT2D eigenvalue weighted by molar-refractivity contribution is 7.98. The van der Waals surface area contributed by atoms with E-state index >= 15 is 0 Å². The third-order valence-electron chi connectivity index (χ3n) is 3.52. The molecule has 1 amide bonds. The van der Waals surface area contributed by atoms with E-state index in [0.29, 0.717) is 5.75 Å². The van der Waals surface area contributed by atoms with Gasteiger partial charge in [0.15, 0.2) is 0 Å². The third kappa shape index (κ3) is 6.68. The number of hydrogen-bond donors (Lipinski definition) is 2. The van der Waals surface area contributed by atoms with E-state index in [9.17, 15) is 14.7 Å². The number of alkyl carbamates (subject to hydrolysis) is 1. The van der Waals surface area contributed by atoms with Gasteiger partial charge < -0.3 is 19.9 Å². The van der Waals surface area contributed by atoms with Gasteiger partial charge in [0, 0.05) is 11.5 Å². The molecule has 0 aliphatic rings. The molecule has 2 aromatic rings. The number of carbonyl (C=O) groups is 2. The van der Waals surface area contributed by atoms with Crippen LogP contribution in [0.15, 0.2) is 54.6 Å². The first-order valence-corrected chi connectivity index (χ1v) is 9.14. The lowest BCUT2D eigenvalue weighted by Crippen LogP contribution is -2.42. The van der Waals surface area contributed by atoms with Gasteiger partial charge in [0.25, 0.3) is 0 Å². The summed E-state index contributed by atoms with van der Waals surface area (Å²) >= 11 is 1.42. The molecule has 0 radical (unpaired) electrons. The number of carbonyl (C=O) groups excluding carboxylic acids is 1. The van der Waals surface area contributed by atoms with Crippen LogP contribution in [0, 0.1) is 0 Å². The van der Waals surface area contributed by atoms with Crippen molar-refractivity contribution in [3.8, 4) is 5.75 Å². The third-order valence-corrected chi connectivity index (χ3v) is 4.62. The summed E-state index contributed by atoms with van der Waals surface area (Å²) in [6.07, 6.45) is -0.744. The number of benzene rings is 2. The van der Waals surface area contributed by atoms with Gasteiger partial charge in [0.2, 0.25) is 0 Å². The molecule has 2 N–H and O–H groups in total. The zero-order valence-electron chi connectivity index (χ0n) is 14.4. The van der Waals surface area contributed by atoms with Crippen LogP contribution in [0.1, 0.15) is 11.1 Å². The number of amides is 1. The van der Waals surface area contributed by atoms with Crippen LogP contribution in [0.2, 0.25) is 0 Å². The zero-order chi connectivity index (χ0) is 18.8. The van der Waals surface area contributed by atoms with Crippen molar-refractivity contribution < 1.29 is 24.2 Å². The Morgan fingerprint density at radius 3 is 2.38 bits per heavy atom. The summed E-state index contributed by atoms with van der Waals surface area (Å²) < 4.78 is 10.2. The molecule has 138 valence electrons. The fraction of sp³-hybridized carbons (Fsp3) is 0.263. The second kappa shape index (κ2) is 10.4. The molecule has 0 aromatic heterocycles. The van der Waals surface area contributed by atoms with Crippen molar-refractivity contribution in [3.63, 3.8) is 0 Å². The Balaban J connectivity index is 1.76. The van der Waals surface area contributed by atoms with Crippen LogP contribution in [0.3, 0.4) is 0 Å². The highest BCUT2D eigenvalue weighted by atomic mass is 32.2. The molecular formula is C19H21NO5S. The molecule has 0 aliphatic heterocycles. The number of carboxylic acids is 1. The van der Waals surface area contributed by atoms with Crippen LogP contribution in [0.25, 0.3) is 0 Å². The summed E-state index contributed by atoms with van der Waals surface area (Å²) in [6.45, 7) is 0.0952. The lowest BCUT2D eigenvalue weighted by molar-refractivity contribution is -0.138. The smallest absolute Gasteiger partial charge is 0.408 e. The van der Waals surface area contributed by atoms with Crippen molar-refractivity contribution in [3.05, 3.63) is 65.7 Å². The lowest BCUT2D eigenvalue weighted by atomic mass is 10.2. The maximum absolute atomic E-state index is 11.8. The Bertz CT molecular complexity index is 706. The number of aliphatic carboxylic acids is 1. The van der Waals surface area contributed by atoms with Crippen LogP contribution in [-0.2, 0) is 21.9 Å². The zero-order valence-corrected chi connectivity index (χ0v) is 15.2. The SMILES string of the molecule is COc1ccc(CSC[C@H](NC(=O)OCc2ccccc2)C(=O)O)cc1. The topological polar surface area (TPSA) is 84.9 Å². The van der Waals surface area contributed by atoms with E-state index in [2.05, 4.69) is 5.32 Å². The van der Waals surface area contributed by atoms with Crippen LogP contribution in [-0.4, -0.2) is 36.1 Å². The Morgan fingerprint density at radius 1 is 1.08 bits per heavy atom. The predicted molar refractivity (Wildman–Crippen MR) is 100 cm³/mol. The van der Waals surface area contributed by atoms with E-state index in [-0.39, 0.29) is 12.4 Å². The molecule has 0 aliphatic carbocycles. The summed E-state index contributed by atoms with van der Waals surface area (Å²) in [6, 6.07) is 15.7. The Labute approximate surface area is 156 Å². The van der Waals surface area contributed by atoms with Crippen molar-refractivity contribution in [2.75, 3.05) is 12.9 Å². The van der Waals surface area contributed by atoms with Crippen LogP contribution >= 0.6 is 11.8 Å². The number of rotatable bonds is 9. The summed E-state index contributed by atoms with van der Waals surface area (Å²) in [5, 5.41) is 11.7. The van der Waals surface area contributed by atoms with Crippen molar-refractivity contribution in [2.45, 2.75) is 18.4 Å². The quantitative estimate of drug-likeness (QED) is 0.699. The average molecular weight is 375 g/mol. The van der Waals surface area contributed by atoms with E-state index in [1.165, 1.54) is 11.8 Å². The van der Waals surface area contributed by atoms with E-state index < -0.39 is 18.1 Å². The van der Waals surface area contributed by atoms with Gasteiger partial charge in [-0.25, -0.2) is 9.59 Å². The molecule has 26 heavy (non-hydrogen) atoms. The van der Waals surface area contributed by atoms with Gasteiger partial charge >= 0.3 is 12.1 Å². The van der Waals surface area contributed by atoms with Gasteiger partial charge in [-0.05, 0) is 23.3 Å². The predicted octanol–water partition coefficient (Wildman–Crippen LogP) is 3.31. The van der Waals surface area contributed by atoms with Gasteiger partial charge in [0.05, 0.1) is 7.11 Å². The van der Waals surface area contributed by atoms with Crippen molar-refractivity contribution in [1.82, 2.24) is 5.32 Å². The fourth-order valence-corrected chi connectivity index (χ4v) is 3.11. The molecule has 0 unspecified atom stereocenters. The van der Waals surface area contributed by atoms with E-state index in [1.807, 2.05) is 54.6 Å². The lowest BCUT2D eigenvalue weighted by Gasteiger charge is -2.14. The minimum atomic E-state index is -1.09.